The van der Waals surface area contributed by atoms with Gasteiger partial charge in [-0.2, -0.15) is 4.31 Å². The molecule has 1 aliphatic heterocycles. The fourth-order valence-electron chi connectivity index (χ4n) is 3.50. The van der Waals surface area contributed by atoms with Crippen molar-refractivity contribution in [3.8, 4) is 11.5 Å². The molecule has 0 bridgehead atoms. The summed E-state index contributed by atoms with van der Waals surface area (Å²) in [6, 6.07) is 11.4. The van der Waals surface area contributed by atoms with Gasteiger partial charge in [-0.3, -0.25) is 4.79 Å². The Bertz CT molecular complexity index is 999. The van der Waals surface area contributed by atoms with Crippen molar-refractivity contribution in [3.05, 3.63) is 53.6 Å². The number of benzene rings is 2. The van der Waals surface area contributed by atoms with E-state index in [1.54, 1.807) is 19.2 Å². The monoisotopic (exact) mass is 446 g/mol. The first-order valence-electron chi connectivity index (χ1n) is 10.6. The SMILES string of the molecule is CCCOc1ccc(C(C)NC(=O)c2ccc(S(=O)(=O)N3CCCC3)cc2)cc1OC. The zero-order chi connectivity index (χ0) is 22.4. The number of amides is 1. The molecule has 1 heterocycles. The van der Waals surface area contributed by atoms with Gasteiger partial charge in [0.05, 0.1) is 24.7 Å². The van der Waals surface area contributed by atoms with E-state index in [0.29, 0.717) is 36.8 Å². The van der Waals surface area contributed by atoms with Gasteiger partial charge in [-0.25, -0.2) is 8.42 Å². The number of methoxy groups -OCH3 is 1. The van der Waals surface area contributed by atoms with Crippen molar-refractivity contribution in [2.45, 2.75) is 44.0 Å². The van der Waals surface area contributed by atoms with E-state index in [9.17, 15) is 13.2 Å². The molecule has 2 aromatic carbocycles. The Labute approximate surface area is 184 Å². The average Bonchev–Trinajstić information content (AvgIpc) is 3.33. The molecular formula is C23H30N2O5S. The molecule has 0 aliphatic carbocycles. The molecule has 8 heteroatoms. The standard InChI is InChI=1S/C23H30N2O5S/c1-4-15-30-21-12-9-19(16-22(21)29-3)17(2)24-23(26)18-7-10-20(11-8-18)31(27,28)25-13-5-6-14-25/h7-12,16-17H,4-6,13-15H2,1-3H3,(H,24,26). The van der Waals surface area contributed by atoms with E-state index in [0.717, 1.165) is 24.8 Å². The van der Waals surface area contributed by atoms with Crippen molar-refractivity contribution >= 4 is 15.9 Å². The van der Waals surface area contributed by atoms with Crippen molar-refractivity contribution in [1.82, 2.24) is 9.62 Å². The van der Waals surface area contributed by atoms with Gasteiger partial charge in [-0.15, -0.1) is 0 Å². The van der Waals surface area contributed by atoms with Crippen molar-refractivity contribution in [2.75, 3.05) is 26.8 Å². The van der Waals surface area contributed by atoms with Crippen LogP contribution in [0.3, 0.4) is 0 Å². The van der Waals surface area contributed by atoms with Gasteiger partial charge in [0.25, 0.3) is 5.91 Å². The van der Waals surface area contributed by atoms with Crippen LogP contribution in [-0.2, 0) is 10.0 Å². The lowest BCUT2D eigenvalue weighted by molar-refractivity contribution is 0.0939. The van der Waals surface area contributed by atoms with Gasteiger partial charge in [0.1, 0.15) is 0 Å². The zero-order valence-electron chi connectivity index (χ0n) is 18.3. The molecule has 0 saturated carbocycles. The second-order valence-electron chi connectivity index (χ2n) is 7.59. The zero-order valence-corrected chi connectivity index (χ0v) is 19.1. The Morgan fingerprint density at radius 1 is 1.10 bits per heavy atom. The van der Waals surface area contributed by atoms with Crippen LogP contribution >= 0.6 is 0 Å². The smallest absolute Gasteiger partial charge is 0.251 e. The molecule has 3 rings (SSSR count). The number of nitrogens with zero attached hydrogens (tertiary/aromatic N) is 1. The second kappa shape index (κ2) is 10.2. The number of hydrogen-bond acceptors (Lipinski definition) is 5. The molecule has 1 amide bonds. The lowest BCUT2D eigenvalue weighted by atomic mass is 10.1. The molecule has 7 nitrogen and oxygen atoms in total. The predicted molar refractivity (Wildman–Crippen MR) is 119 cm³/mol. The summed E-state index contributed by atoms with van der Waals surface area (Å²) in [6.45, 7) is 5.62. The van der Waals surface area contributed by atoms with Gasteiger partial charge in [0, 0.05) is 18.7 Å². The van der Waals surface area contributed by atoms with Gasteiger partial charge in [-0.1, -0.05) is 13.0 Å². The van der Waals surface area contributed by atoms with Crippen molar-refractivity contribution in [2.24, 2.45) is 0 Å². The van der Waals surface area contributed by atoms with Crippen LogP contribution in [0, 0.1) is 0 Å². The fourth-order valence-corrected chi connectivity index (χ4v) is 5.02. The highest BCUT2D eigenvalue weighted by molar-refractivity contribution is 7.89. The summed E-state index contributed by atoms with van der Waals surface area (Å²) < 4.78 is 37.8. The highest BCUT2D eigenvalue weighted by Crippen LogP contribution is 2.30. The molecule has 0 spiro atoms. The molecule has 1 fully saturated rings. The molecule has 1 saturated heterocycles. The molecule has 2 aromatic rings. The third kappa shape index (κ3) is 5.37. The molecule has 1 atom stereocenters. The molecule has 168 valence electrons. The lowest BCUT2D eigenvalue weighted by Crippen LogP contribution is -2.28. The van der Waals surface area contributed by atoms with Crippen LogP contribution in [0.25, 0.3) is 0 Å². The Morgan fingerprint density at radius 2 is 1.77 bits per heavy atom. The van der Waals surface area contributed by atoms with E-state index in [2.05, 4.69) is 5.32 Å². The van der Waals surface area contributed by atoms with Crippen molar-refractivity contribution < 1.29 is 22.7 Å². The molecule has 1 aliphatic rings. The van der Waals surface area contributed by atoms with Crippen molar-refractivity contribution in [1.29, 1.82) is 0 Å². The van der Waals surface area contributed by atoms with Crippen LogP contribution in [-0.4, -0.2) is 45.4 Å². The Kier molecular flexibility index (Phi) is 7.56. The number of carbonyl (C=O) groups is 1. The van der Waals surface area contributed by atoms with Crippen LogP contribution in [0.15, 0.2) is 47.4 Å². The topological polar surface area (TPSA) is 84.9 Å². The van der Waals surface area contributed by atoms with Crippen LogP contribution in [0.4, 0.5) is 0 Å². The van der Waals surface area contributed by atoms with Crippen LogP contribution < -0.4 is 14.8 Å². The predicted octanol–water partition coefficient (Wildman–Crippen LogP) is 3.76. The number of hydrogen-bond donors (Lipinski definition) is 1. The van der Waals surface area contributed by atoms with Gasteiger partial charge in [0.15, 0.2) is 11.5 Å². The van der Waals surface area contributed by atoms with Gasteiger partial charge >= 0.3 is 0 Å². The van der Waals surface area contributed by atoms with Gasteiger partial charge in [0.2, 0.25) is 10.0 Å². The first-order chi connectivity index (χ1) is 14.9. The minimum atomic E-state index is -3.49. The maximum atomic E-state index is 12.7. The first kappa shape index (κ1) is 23.1. The summed E-state index contributed by atoms with van der Waals surface area (Å²) in [7, 11) is -1.91. The quantitative estimate of drug-likeness (QED) is 0.634. The van der Waals surface area contributed by atoms with Crippen LogP contribution in [0.5, 0.6) is 11.5 Å². The highest BCUT2D eigenvalue weighted by Gasteiger charge is 2.27. The van der Waals surface area contributed by atoms with Gasteiger partial charge in [-0.05, 0) is 68.1 Å². The number of carbonyl (C=O) groups excluding carboxylic acids is 1. The summed E-state index contributed by atoms with van der Waals surface area (Å²) >= 11 is 0. The maximum absolute atomic E-state index is 12.7. The van der Waals surface area contributed by atoms with Gasteiger partial charge < -0.3 is 14.8 Å². The molecule has 0 aromatic heterocycles. The third-order valence-electron chi connectivity index (χ3n) is 5.32. The molecule has 0 radical (unpaired) electrons. The van der Waals surface area contributed by atoms with E-state index in [1.165, 1.54) is 16.4 Å². The highest BCUT2D eigenvalue weighted by atomic mass is 32.2. The Balaban J connectivity index is 1.68. The van der Waals surface area contributed by atoms with Crippen LogP contribution in [0.2, 0.25) is 0 Å². The first-order valence-corrected chi connectivity index (χ1v) is 12.0. The largest absolute Gasteiger partial charge is 0.493 e. The minimum absolute atomic E-state index is 0.214. The van der Waals surface area contributed by atoms with E-state index < -0.39 is 10.0 Å². The second-order valence-corrected chi connectivity index (χ2v) is 9.53. The maximum Gasteiger partial charge on any atom is 0.251 e. The molecule has 1 unspecified atom stereocenters. The lowest BCUT2D eigenvalue weighted by Gasteiger charge is -2.18. The van der Waals surface area contributed by atoms with E-state index in [-0.39, 0.29) is 16.8 Å². The minimum Gasteiger partial charge on any atom is -0.493 e. The number of nitrogens with one attached hydrogen (secondary N) is 1. The normalized spacial score (nSPS) is 15.5. The summed E-state index contributed by atoms with van der Waals surface area (Å²) in [5.74, 6) is 1.01. The van der Waals surface area contributed by atoms with E-state index >= 15 is 0 Å². The summed E-state index contributed by atoms with van der Waals surface area (Å²) in [5, 5.41) is 2.94. The number of sulfonamides is 1. The van der Waals surface area contributed by atoms with Crippen molar-refractivity contribution in [3.63, 3.8) is 0 Å². The van der Waals surface area contributed by atoms with Crippen LogP contribution in [0.1, 0.15) is 55.1 Å². The Hall–Kier alpha value is -2.58. The number of ether oxygens (including phenoxy) is 2. The Morgan fingerprint density at radius 3 is 2.39 bits per heavy atom. The van der Waals surface area contributed by atoms with E-state index in [1.807, 2.05) is 32.0 Å². The third-order valence-corrected chi connectivity index (χ3v) is 7.23. The summed E-state index contributed by atoms with van der Waals surface area (Å²) in [6.07, 6.45) is 2.66. The molecular weight excluding hydrogens is 416 g/mol. The number of rotatable bonds is 9. The molecule has 31 heavy (non-hydrogen) atoms. The van der Waals surface area contributed by atoms with E-state index in [4.69, 9.17) is 9.47 Å². The fraction of sp³-hybridized carbons (Fsp3) is 0.435. The molecule has 1 N–H and O–H groups in total. The average molecular weight is 447 g/mol. The summed E-state index contributed by atoms with van der Waals surface area (Å²) in [5.41, 5.74) is 1.28. The summed E-state index contributed by atoms with van der Waals surface area (Å²) in [4.78, 5) is 12.9.